The number of para-hydroxylation sites is 2. The van der Waals surface area contributed by atoms with E-state index < -0.39 is 0 Å². The van der Waals surface area contributed by atoms with Gasteiger partial charge in [-0.15, -0.1) is 0 Å². The van der Waals surface area contributed by atoms with E-state index in [1.54, 1.807) is 0 Å². The van der Waals surface area contributed by atoms with E-state index in [-0.39, 0.29) is 0 Å². The number of hydrogen-bond acceptors (Lipinski definition) is 3. The van der Waals surface area contributed by atoms with Crippen LogP contribution in [0.15, 0.2) is 218 Å². The highest BCUT2D eigenvalue weighted by Crippen LogP contribution is 2.40. The van der Waals surface area contributed by atoms with E-state index in [9.17, 15) is 0 Å². The first-order chi connectivity index (χ1) is 30.2. The standard InChI is InChI=1S/C57H36N4/c1-3-13-37(14-4-1)38-23-27-41(28-24-38)55-58-56(60-57(59-55)54-47-20-10-8-16-44(47)36-50-46-19-9-7-15-40(46)31-33-49(50)54)42-29-25-39(26-30-42)43-32-34-53-51(35-43)48-21-11-12-22-52(48)61(53)45-17-5-2-6-18-45/h1-36H. The average Bonchev–Trinajstić information content (AvgIpc) is 3.67. The molecule has 2 aromatic heterocycles. The molecule has 0 radical (unpaired) electrons. The van der Waals surface area contributed by atoms with Crippen molar-refractivity contribution < 1.29 is 0 Å². The summed E-state index contributed by atoms with van der Waals surface area (Å²) in [5.74, 6) is 1.90. The van der Waals surface area contributed by atoms with Gasteiger partial charge in [0.15, 0.2) is 17.5 Å². The van der Waals surface area contributed by atoms with Crippen molar-refractivity contribution in [2.24, 2.45) is 0 Å². The summed E-state index contributed by atoms with van der Waals surface area (Å²) in [7, 11) is 0. The van der Waals surface area contributed by atoms with E-state index in [1.165, 1.54) is 43.5 Å². The number of rotatable bonds is 6. The largest absolute Gasteiger partial charge is 0.309 e. The predicted octanol–water partition coefficient (Wildman–Crippen LogP) is 14.8. The molecule has 0 amide bonds. The Hall–Kier alpha value is -8.21. The van der Waals surface area contributed by atoms with Crippen molar-refractivity contribution in [2.75, 3.05) is 0 Å². The van der Waals surface area contributed by atoms with Crippen LogP contribution < -0.4 is 0 Å². The van der Waals surface area contributed by atoms with Crippen LogP contribution in [0.3, 0.4) is 0 Å². The summed E-state index contributed by atoms with van der Waals surface area (Å²) in [5.41, 5.74) is 11.0. The van der Waals surface area contributed by atoms with Gasteiger partial charge in [0.2, 0.25) is 0 Å². The van der Waals surface area contributed by atoms with Crippen LogP contribution in [0.25, 0.3) is 116 Å². The maximum absolute atomic E-state index is 5.33. The van der Waals surface area contributed by atoms with Gasteiger partial charge in [-0.1, -0.05) is 182 Å². The summed E-state index contributed by atoms with van der Waals surface area (Å²) < 4.78 is 2.35. The molecule has 10 aromatic carbocycles. The van der Waals surface area contributed by atoms with Crippen LogP contribution in [0.2, 0.25) is 0 Å². The number of nitrogens with zero attached hydrogens (tertiary/aromatic N) is 4. The second kappa shape index (κ2) is 14.3. The first-order valence-electron chi connectivity index (χ1n) is 20.7. The van der Waals surface area contributed by atoms with E-state index >= 15 is 0 Å². The van der Waals surface area contributed by atoms with Crippen LogP contribution in [0.5, 0.6) is 0 Å². The van der Waals surface area contributed by atoms with Gasteiger partial charge in [-0.3, -0.25) is 0 Å². The van der Waals surface area contributed by atoms with Crippen LogP contribution in [-0.4, -0.2) is 19.5 Å². The SMILES string of the molecule is c1ccc(-c2ccc(-c3nc(-c4ccc(-c5ccc6c(c5)c5ccccc5n6-c5ccccc5)cc4)nc(-c4c5ccccc5cc5c4ccc4ccccc45)n3)cc2)cc1. The van der Waals surface area contributed by atoms with Crippen molar-refractivity contribution >= 4 is 54.1 Å². The van der Waals surface area contributed by atoms with Crippen molar-refractivity contribution in [3.05, 3.63) is 218 Å². The van der Waals surface area contributed by atoms with E-state index in [2.05, 4.69) is 217 Å². The van der Waals surface area contributed by atoms with Gasteiger partial charge in [-0.2, -0.15) is 0 Å². The third kappa shape index (κ3) is 5.96. The Morgan fingerprint density at radius 3 is 1.49 bits per heavy atom. The number of hydrogen-bond donors (Lipinski definition) is 0. The summed E-state index contributed by atoms with van der Waals surface area (Å²) >= 11 is 0. The Labute approximate surface area is 352 Å². The molecule has 2 heterocycles. The Bertz CT molecular complexity index is 3610. The lowest BCUT2D eigenvalue weighted by atomic mass is 9.93. The summed E-state index contributed by atoms with van der Waals surface area (Å²) in [6, 6.07) is 77.5. The molecular formula is C57H36N4. The van der Waals surface area contributed by atoms with Crippen molar-refractivity contribution in [3.63, 3.8) is 0 Å². The molecule has 0 N–H and O–H groups in total. The zero-order valence-electron chi connectivity index (χ0n) is 33.1. The fourth-order valence-electron chi connectivity index (χ4n) is 9.07. The highest BCUT2D eigenvalue weighted by atomic mass is 15.0. The van der Waals surface area contributed by atoms with Crippen LogP contribution in [0.4, 0.5) is 0 Å². The summed E-state index contributed by atoms with van der Waals surface area (Å²) in [6.45, 7) is 0. The van der Waals surface area contributed by atoms with Crippen LogP contribution in [0.1, 0.15) is 0 Å². The lowest BCUT2D eigenvalue weighted by Crippen LogP contribution is -2.01. The molecule has 0 aliphatic rings. The zero-order chi connectivity index (χ0) is 40.3. The normalized spacial score (nSPS) is 11.6. The van der Waals surface area contributed by atoms with Crippen LogP contribution in [-0.2, 0) is 0 Å². The Morgan fingerprint density at radius 1 is 0.262 bits per heavy atom. The molecular weight excluding hydrogens is 741 g/mol. The topological polar surface area (TPSA) is 43.6 Å². The third-order valence-electron chi connectivity index (χ3n) is 12.0. The molecule has 0 aliphatic carbocycles. The Kier molecular flexibility index (Phi) is 8.13. The van der Waals surface area contributed by atoms with E-state index in [0.717, 1.165) is 55.2 Å². The number of benzene rings is 10. The molecule has 4 heteroatoms. The summed E-state index contributed by atoms with van der Waals surface area (Å²) in [5, 5.41) is 9.40. The van der Waals surface area contributed by atoms with Gasteiger partial charge >= 0.3 is 0 Å². The van der Waals surface area contributed by atoms with Crippen molar-refractivity contribution in [3.8, 4) is 62.1 Å². The van der Waals surface area contributed by atoms with E-state index in [0.29, 0.717) is 17.5 Å². The minimum absolute atomic E-state index is 0.627. The maximum Gasteiger partial charge on any atom is 0.165 e. The molecule has 61 heavy (non-hydrogen) atoms. The van der Waals surface area contributed by atoms with Crippen molar-refractivity contribution in [1.29, 1.82) is 0 Å². The van der Waals surface area contributed by atoms with Gasteiger partial charge in [-0.05, 0) is 91.0 Å². The molecule has 12 rings (SSSR count). The summed E-state index contributed by atoms with van der Waals surface area (Å²) in [6.07, 6.45) is 0. The first kappa shape index (κ1) is 34.8. The molecule has 0 spiro atoms. The molecule has 0 bridgehead atoms. The molecule has 0 fully saturated rings. The molecule has 284 valence electrons. The van der Waals surface area contributed by atoms with E-state index in [4.69, 9.17) is 15.0 Å². The van der Waals surface area contributed by atoms with Gasteiger partial charge in [0, 0.05) is 33.2 Å². The van der Waals surface area contributed by atoms with Gasteiger partial charge in [0.05, 0.1) is 11.0 Å². The molecule has 0 atom stereocenters. The van der Waals surface area contributed by atoms with Gasteiger partial charge in [-0.25, -0.2) is 15.0 Å². The lowest BCUT2D eigenvalue weighted by Gasteiger charge is -2.15. The molecule has 12 aromatic rings. The average molecular weight is 777 g/mol. The van der Waals surface area contributed by atoms with Crippen LogP contribution in [0, 0.1) is 0 Å². The fourth-order valence-corrected chi connectivity index (χ4v) is 9.07. The van der Waals surface area contributed by atoms with Crippen molar-refractivity contribution in [2.45, 2.75) is 0 Å². The molecule has 0 saturated carbocycles. The Balaban J connectivity index is 1.01. The minimum Gasteiger partial charge on any atom is -0.309 e. The Morgan fingerprint density at radius 2 is 0.770 bits per heavy atom. The second-order valence-corrected chi connectivity index (χ2v) is 15.6. The molecule has 4 nitrogen and oxygen atoms in total. The highest BCUT2D eigenvalue weighted by Gasteiger charge is 2.19. The van der Waals surface area contributed by atoms with Gasteiger partial charge < -0.3 is 4.57 Å². The smallest absolute Gasteiger partial charge is 0.165 e. The number of aromatic nitrogens is 4. The maximum atomic E-state index is 5.33. The third-order valence-corrected chi connectivity index (χ3v) is 12.0. The van der Waals surface area contributed by atoms with Crippen LogP contribution >= 0.6 is 0 Å². The first-order valence-corrected chi connectivity index (χ1v) is 20.7. The fraction of sp³-hybridized carbons (Fsp3) is 0. The monoisotopic (exact) mass is 776 g/mol. The lowest BCUT2D eigenvalue weighted by molar-refractivity contribution is 1.08. The number of fused-ring (bicyclic) bond motifs is 7. The predicted molar refractivity (Wildman–Crippen MR) is 254 cm³/mol. The molecule has 0 aliphatic heterocycles. The quantitative estimate of drug-likeness (QED) is 0.125. The zero-order valence-corrected chi connectivity index (χ0v) is 33.1. The van der Waals surface area contributed by atoms with Gasteiger partial charge in [0.1, 0.15) is 0 Å². The minimum atomic E-state index is 0.627. The van der Waals surface area contributed by atoms with Gasteiger partial charge in [0.25, 0.3) is 0 Å². The highest BCUT2D eigenvalue weighted by molar-refractivity contribution is 6.19. The van der Waals surface area contributed by atoms with Crippen molar-refractivity contribution in [1.82, 2.24) is 19.5 Å². The second-order valence-electron chi connectivity index (χ2n) is 15.6. The molecule has 0 saturated heterocycles. The summed E-state index contributed by atoms with van der Waals surface area (Å²) in [4.78, 5) is 15.8. The molecule has 0 unspecified atom stereocenters. The van der Waals surface area contributed by atoms with E-state index in [1.807, 2.05) is 6.07 Å².